The van der Waals surface area contributed by atoms with Crippen molar-refractivity contribution in [3.63, 3.8) is 0 Å². The van der Waals surface area contributed by atoms with Crippen LogP contribution in [0.3, 0.4) is 0 Å². The van der Waals surface area contributed by atoms with Crippen LogP contribution in [0.5, 0.6) is 0 Å². The van der Waals surface area contributed by atoms with Crippen LogP contribution in [0.2, 0.25) is 0 Å². The van der Waals surface area contributed by atoms with Crippen LogP contribution in [-0.2, 0) is 6.42 Å². The number of nitriles is 2. The highest BCUT2D eigenvalue weighted by Gasteiger charge is 2.16. The second-order valence-corrected chi connectivity index (χ2v) is 4.52. The number of hydrogen-bond acceptors (Lipinski definition) is 3. The Morgan fingerprint density at radius 3 is 2.75 bits per heavy atom. The van der Waals surface area contributed by atoms with Crippen molar-refractivity contribution >= 4 is 5.97 Å². The van der Waals surface area contributed by atoms with Crippen molar-refractivity contribution in [2.24, 2.45) is 0 Å². The van der Waals surface area contributed by atoms with E-state index in [9.17, 15) is 4.79 Å². The number of carbonyl (C=O) groups is 1. The first-order chi connectivity index (χ1) is 9.65. The second kappa shape index (κ2) is 5.86. The van der Waals surface area contributed by atoms with Crippen molar-refractivity contribution in [2.75, 3.05) is 0 Å². The highest BCUT2D eigenvalue weighted by atomic mass is 16.4. The minimum absolute atomic E-state index is 0.208. The zero-order chi connectivity index (χ0) is 14.5. The SMILES string of the molecule is N#CC1=CCCC(C#N)=C1Cc1cccc(C(=O)O)c1. The third-order valence-electron chi connectivity index (χ3n) is 3.24. The van der Waals surface area contributed by atoms with Crippen molar-refractivity contribution in [1.29, 1.82) is 10.5 Å². The highest BCUT2D eigenvalue weighted by molar-refractivity contribution is 5.87. The van der Waals surface area contributed by atoms with Gasteiger partial charge in [-0.25, -0.2) is 4.79 Å². The lowest BCUT2D eigenvalue weighted by Gasteiger charge is -2.14. The third kappa shape index (κ3) is 2.76. The number of carboxylic acid groups (broad SMARTS) is 1. The molecule has 0 unspecified atom stereocenters. The van der Waals surface area contributed by atoms with E-state index in [1.54, 1.807) is 18.2 Å². The van der Waals surface area contributed by atoms with E-state index in [-0.39, 0.29) is 5.56 Å². The molecule has 0 amide bonds. The maximum atomic E-state index is 11.0. The summed E-state index contributed by atoms with van der Waals surface area (Å²) in [6, 6.07) is 10.8. The third-order valence-corrected chi connectivity index (χ3v) is 3.24. The second-order valence-electron chi connectivity index (χ2n) is 4.52. The Morgan fingerprint density at radius 1 is 1.30 bits per heavy atom. The highest BCUT2D eigenvalue weighted by Crippen LogP contribution is 2.27. The number of rotatable bonds is 3. The Labute approximate surface area is 116 Å². The fourth-order valence-electron chi connectivity index (χ4n) is 2.25. The van der Waals surface area contributed by atoms with Crippen LogP contribution >= 0.6 is 0 Å². The normalized spacial score (nSPS) is 14.2. The molecular formula is C16H12N2O2. The first kappa shape index (κ1) is 13.6. The van der Waals surface area contributed by atoms with Gasteiger partial charge in [0, 0.05) is 5.57 Å². The number of benzene rings is 1. The van der Waals surface area contributed by atoms with Crippen LogP contribution in [0.4, 0.5) is 0 Å². The summed E-state index contributed by atoms with van der Waals surface area (Å²) < 4.78 is 0. The fraction of sp³-hybridized carbons (Fsp3) is 0.188. The van der Waals surface area contributed by atoms with Gasteiger partial charge >= 0.3 is 5.97 Å². The monoisotopic (exact) mass is 264 g/mol. The average Bonchev–Trinajstić information content (AvgIpc) is 2.47. The summed E-state index contributed by atoms with van der Waals surface area (Å²) in [7, 11) is 0. The number of aromatic carboxylic acids is 1. The molecule has 1 aliphatic carbocycles. The van der Waals surface area contributed by atoms with Gasteiger partial charge in [-0.05, 0) is 42.5 Å². The lowest BCUT2D eigenvalue weighted by Crippen LogP contribution is -2.04. The van der Waals surface area contributed by atoms with Gasteiger partial charge in [-0.2, -0.15) is 10.5 Å². The molecule has 0 fully saturated rings. The molecular weight excluding hydrogens is 252 g/mol. The van der Waals surface area contributed by atoms with Crippen LogP contribution in [0.15, 0.2) is 47.1 Å². The van der Waals surface area contributed by atoms with Crippen LogP contribution in [0.1, 0.15) is 28.8 Å². The molecule has 2 rings (SSSR count). The minimum Gasteiger partial charge on any atom is -0.478 e. The molecule has 1 aromatic carbocycles. The zero-order valence-electron chi connectivity index (χ0n) is 10.8. The molecule has 1 N–H and O–H groups in total. The zero-order valence-corrected chi connectivity index (χ0v) is 10.8. The van der Waals surface area contributed by atoms with Gasteiger partial charge in [0.05, 0.1) is 23.3 Å². The number of hydrogen-bond donors (Lipinski definition) is 1. The molecule has 0 aliphatic heterocycles. The first-order valence-electron chi connectivity index (χ1n) is 6.20. The quantitative estimate of drug-likeness (QED) is 0.909. The molecule has 4 nitrogen and oxygen atoms in total. The van der Waals surface area contributed by atoms with Crippen molar-refractivity contribution in [3.05, 3.63) is 58.2 Å². The Hall–Kier alpha value is -2.85. The van der Waals surface area contributed by atoms with E-state index in [4.69, 9.17) is 15.6 Å². The summed E-state index contributed by atoms with van der Waals surface area (Å²) in [5, 5.41) is 27.3. The van der Waals surface area contributed by atoms with Crippen LogP contribution in [-0.4, -0.2) is 11.1 Å². The minimum atomic E-state index is -0.985. The van der Waals surface area contributed by atoms with Crippen molar-refractivity contribution in [2.45, 2.75) is 19.3 Å². The van der Waals surface area contributed by atoms with Crippen molar-refractivity contribution < 1.29 is 9.90 Å². The molecule has 0 radical (unpaired) electrons. The summed E-state index contributed by atoms with van der Waals surface area (Å²) >= 11 is 0. The van der Waals surface area contributed by atoms with Gasteiger partial charge in [0.25, 0.3) is 0 Å². The van der Waals surface area contributed by atoms with Crippen molar-refractivity contribution in [3.8, 4) is 12.1 Å². The topological polar surface area (TPSA) is 84.9 Å². The Morgan fingerprint density at radius 2 is 2.10 bits per heavy atom. The van der Waals surface area contributed by atoms with Gasteiger partial charge < -0.3 is 5.11 Å². The summed E-state index contributed by atoms with van der Waals surface area (Å²) in [5.74, 6) is -0.985. The maximum Gasteiger partial charge on any atom is 0.335 e. The smallest absolute Gasteiger partial charge is 0.335 e. The summed E-state index contributed by atoms with van der Waals surface area (Å²) in [5.41, 5.74) is 2.85. The summed E-state index contributed by atoms with van der Waals surface area (Å²) in [6.45, 7) is 0. The van der Waals surface area contributed by atoms with Gasteiger partial charge in [0.2, 0.25) is 0 Å². The van der Waals surface area contributed by atoms with Gasteiger partial charge in [0.1, 0.15) is 0 Å². The molecule has 20 heavy (non-hydrogen) atoms. The standard InChI is InChI=1S/C16H12N2O2/c17-9-13-5-2-6-14(10-18)15(13)8-11-3-1-4-12(7-11)16(19)20/h1,3-5,7H,2,6,8H2,(H,19,20). The van der Waals surface area contributed by atoms with E-state index in [0.29, 0.717) is 36.0 Å². The Balaban J connectivity index is 2.37. The van der Waals surface area contributed by atoms with E-state index in [0.717, 1.165) is 5.56 Å². The lowest BCUT2D eigenvalue weighted by molar-refractivity contribution is 0.0697. The Kier molecular flexibility index (Phi) is 3.98. The van der Waals surface area contributed by atoms with E-state index in [2.05, 4.69) is 12.1 Å². The fourth-order valence-corrected chi connectivity index (χ4v) is 2.25. The molecule has 0 saturated heterocycles. The molecule has 1 aromatic rings. The summed E-state index contributed by atoms with van der Waals surface area (Å²) in [4.78, 5) is 11.0. The molecule has 4 heteroatoms. The van der Waals surface area contributed by atoms with Gasteiger partial charge in [-0.1, -0.05) is 18.2 Å². The predicted octanol–water partition coefficient (Wildman–Crippen LogP) is 2.99. The van der Waals surface area contributed by atoms with Crippen molar-refractivity contribution in [1.82, 2.24) is 0 Å². The van der Waals surface area contributed by atoms with Crippen LogP contribution < -0.4 is 0 Å². The largest absolute Gasteiger partial charge is 0.478 e. The predicted molar refractivity (Wildman–Crippen MR) is 72.7 cm³/mol. The molecule has 98 valence electrons. The van der Waals surface area contributed by atoms with Crippen LogP contribution in [0.25, 0.3) is 0 Å². The first-order valence-corrected chi connectivity index (χ1v) is 6.20. The Bertz CT molecular complexity index is 700. The number of nitrogens with zero attached hydrogens (tertiary/aromatic N) is 2. The average molecular weight is 264 g/mol. The molecule has 0 atom stereocenters. The van der Waals surface area contributed by atoms with E-state index in [1.165, 1.54) is 6.07 Å². The van der Waals surface area contributed by atoms with E-state index >= 15 is 0 Å². The molecule has 0 aromatic heterocycles. The van der Waals surface area contributed by atoms with Gasteiger partial charge in [-0.15, -0.1) is 0 Å². The number of carboxylic acids is 1. The number of allylic oxidation sites excluding steroid dienone is 4. The summed E-state index contributed by atoms with van der Waals surface area (Å²) in [6.07, 6.45) is 3.57. The molecule has 0 spiro atoms. The van der Waals surface area contributed by atoms with Gasteiger partial charge in [-0.3, -0.25) is 0 Å². The maximum absolute atomic E-state index is 11.0. The molecule has 0 heterocycles. The lowest BCUT2D eigenvalue weighted by atomic mass is 9.87. The van der Waals surface area contributed by atoms with Crippen LogP contribution in [0, 0.1) is 22.7 Å². The van der Waals surface area contributed by atoms with Gasteiger partial charge in [0.15, 0.2) is 0 Å². The molecule has 0 bridgehead atoms. The van der Waals surface area contributed by atoms with E-state index < -0.39 is 5.97 Å². The van der Waals surface area contributed by atoms with E-state index in [1.807, 2.05) is 6.08 Å². The molecule has 1 aliphatic rings. The molecule has 0 saturated carbocycles.